The average Bonchev–Trinajstić information content (AvgIpc) is 2.27. The molecule has 1 rings (SSSR count). The SMILES string of the molecule is CONC(=O)CCSCc1ccccc1Cl. The standard InChI is InChI=1S/C11H14ClNO2S/c1-15-13-11(14)6-7-16-8-9-4-2-3-5-10(9)12/h2-5H,6-8H2,1H3,(H,13,14). The molecular weight excluding hydrogens is 246 g/mol. The maximum Gasteiger partial charge on any atom is 0.244 e. The number of nitrogens with one attached hydrogen (secondary N) is 1. The van der Waals surface area contributed by atoms with Crippen LogP contribution in [0.2, 0.25) is 5.02 Å². The lowest BCUT2D eigenvalue weighted by Gasteiger charge is -2.04. The Hall–Kier alpha value is -0.710. The van der Waals surface area contributed by atoms with Gasteiger partial charge in [0.1, 0.15) is 0 Å². The van der Waals surface area contributed by atoms with Crippen LogP contribution < -0.4 is 5.48 Å². The Balaban J connectivity index is 2.21. The highest BCUT2D eigenvalue weighted by Gasteiger charge is 2.02. The van der Waals surface area contributed by atoms with Crippen LogP contribution in [0, 0.1) is 0 Å². The highest BCUT2D eigenvalue weighted by atomic mass is 35.5. The largest absolute Gasteiger partial charge is 0.277 e. The van der Waals surface area contributed by atoms with Gasteiger partial charge in [-0.2, -0.15) is 11.8 Å². The minimum Gasteiger partial charge on any atom is -0.277 e. The third-order valence-corrected chi connectivity index (χ3v) is 3.28. The third kappa shape index (κ3) is 4.88. The Morgan fingerprint density at radius 3 is 2.94 bits per heavy atom. The number of rotatable bonds is 6. The van der Waals surface area contributed by atoms with Gasteiger partial charge in [-0.05, 0) is 11.6 Å². The van der Waals surface area contributed by atoms with Crippen LogP contribution in [0.15, 0.2) is 24.3 Å². The summed E-state index contributed by atoms with van der Waals surface area (Å²) in [7, 11) is 1.43. The van der Waals surface area contributed by atoms with Gasteiger partial charge < -0.3 is 0 Å². The Morgan fingerprint density at radius 2 is 2.25 bits per heavy atom. The van der Waals surface area contributed by atoms with E-state index in [-0.39, 0.29) is 5.91 Å². The third-order valence-electron chi connectivity index (χ3n) is 1.90. The number of halogens is 1. The zero-order chi connectivity index (χ0) is 11.8. The van der Waals surface area contributed by atoms with E-state index in [4.69, 9.17) is 11.6 Å². The summed E-state index contributed by atoms with van der Waals surface area (Å²) < 4.78 is 0. The van der Waals surface area contributed by atoms with Crippen molar-refractivity contribution in [1.82, 2.24) is 5.48 Å². The molecule has 1 aromatic carbocycles. The van der Waals surface area contributed by atoms with Crippen molar-refractivity contribution in [2.45, 2.75) is 12.2 Å². The van der Waals surface area contributed by atoms with Gasteiger partial charge in [-0.15, -0.1) is 0 Å². The lowest BCUT2D eigenvalue weighted by molar-refractivity contribution is -0.130. The minimum atomic E-state index is -0.103. The zero-order valence-corrected chi connectivity index (χ0v) is 10.6. The summed E-state index contributed by atoms with van der Waals surface area (Å²) in [6, 6.07) is 7.72. The second-order valence-corrected chi connectivity index (χ2v) is 4.64. The van der Waals surface area contributed by atoms with Crippen molar-refractivity contribution < 1.29 is 9.63 Å². The molecule has 5 heteroatoms. The van der Waals surface area contributed by atoms with E-state index in [0.29, 0.717) is 6.42 Å². The van der Waals surface area contributed by atoms with Gasteiger partial charge in [0.15, 0.2) is 0 Å². The predicted octanol–water partition coefficient (Wildman–Crippen LogP) is 2.64. The van der Waals surface area contributed by atoms with Gasteiger partial charge in [-0.25, -0.2) is 5.48 Å². The van der Waals surface area contributed by atoms with E-state index in [9.17, 15) is 4.79 Å². The number of amides is 1. The van der Waals surface area contributed by atoms with Crippen molar-refractivity contribution in [3.05, 3.63) is 34.9 Å². The smallest absolute Gasteiger partial charge is 0.244 e. The number of thioether (sulfide) groups is 1. The molecule has 0 radical (unpaired) electrons. The van der Waals surface area contributed by atoms with Crippen molar-refractivity contribution in [1.29, 1.82) is 0 Å². The van der Waals surface area contributed by atoms with Gasteiger partial charge in [0.25, 0.3) is 0 Å². The van der Waals surface area contributed by atoms with Crippen molar-refractivity contribution >= 4 is 29.3 Å². The number of carbonyl (C=O) groups is 1. The van der Waals surface area contributed by atoms with E-state index in [1.165, 1.54) is 7.11 Å². The molecule has 0 atom stereocenters. The lowest BCUT2D eigenvalue weighted by Crippen LogP contribution is -2.21. The fraction of sp³-hybridized carbons (Fsp3) is 0.364. The van der Waals surface area contributed by atoms with Gasteiger partial charge in [0.05, 0.1) is 7.11 Å². The molecular formula is C11H14ClNO2S. The summed E-state index contributed by atoms with van der Waals surface area (Å²) >= 11 is 7.68. The predicted molar refractivity (Wildman–Crippen MR) is 67.4 cm³/mol. The van der Waals surface area contributed by atoms with E-state index in [0.717, 1.165) is 22.1 Å². The molecule has 0 aliphatic heterocycles. The van der Waals surface area contributed by atoms with Gasteiger partial charge in [0, 0.05) is 22.9 Å². The quantitative estimate of drug-likeness (QED) is 0.631. The van der Waals surface area contributed by atoms with Crippen LogP contribution in [-0.4, -0.2) is 18.8 Å². The molecule has 0 heterocycles. The highest BCUT2D eigenvalue weighted by Crippen LogP contribution is 2.20. The Morgan fingerprint density at radius 1 is 1.50 bits per heavy atom. The molecule has 16 heavy (non-hydrogen) atoms. The highest BCUT2D eigenvalue weighted by molar-refractivity contribution is 7.98. The first-order valence-electron chi connectivity index (χ1n) is 4.87. The van der Waals surface area contributed by atoms with Crippen LogP contribution in [0.1, 0.15) is 12.0 Å². The van der Waals surface area contributed by atoms with Gasteiger partial charge in [-0.1, -0.05) is 29.8 Å². The number of carbonyl (C=O) groups excluding carboxylic acids is 1. The topological polar surface area (TPSA) is 38.3 Å². The Kier molecular flexibility index (Phi) is 6.30. The van der Waals surface area contributed by atoms with Gasteiger partial charge in [-0.3, -0.25) is 9.63 Å². The minimum absolute atomic E-state index is 0.103. The summed E-state index contributed by atoms with van der Waals surface area (Å²) in [5.41, 5.74) is 3.38. The normalized spacial score (nSPS) is 10.1. The fourth-order valence-electron chi connectivity index (χ4n) is 1.13. The Bertz CT molecular complexity index is 347. The number of hydroxylamine groups is 1. The molecule has 0 spiro atoms. The molecule has 0 saturated heterocycles. The van der Waals surface area contributed by atoms with Crippen molar-refractivity contribution in [2.24, 2.45) is 0 Å². The first kappa shape index (κ1) is 13.4. The maximum absolute atomic E-state index is 11.0. The Labute approximate surface area is 104 Å². The monoisotopic (exact) mass is 259 g/mol. The molecule has 3 nitrogen and oxygen atoms in total. The average molecular weight is 260 g/mol. The maximum atomic E-state index is 11.0. The van der Waals surface area contributed by atoms with E-state index in [1.54, 1.807) is 11.8 Å². The molecule has 0 bridgehead atoms. The van der Waals surface area contributed by atoms with E-state index < -0.39 is 0 Å². The van der Waals surface area contributed by atoms with Crippen LogP contribution in [0.5, 0.6) is 0 Å². The number of hydrogen-bond acceptors (Lipinski definition) is 3. The summed E-state index contributed by atoms with van der Waals surface area (Å²) in [6.45, 7) is 0. The summed E-state index contributed by atoms with van der Waals surface area (Å²) in [4.78, 5) is 15.6. The molecule has 0 aliphatic rings. The second-order valence-electron chi connectivity index (χ2n) is 3.12. The second kappa shape index (κ2) is 7.54. The van der Waals surface area contributed by atoms with Crippen LogP contribution in [0.4, 0.5) is 0 Å². The molecule has 0 aliphatic carbocycles. The van der Waals surface area contributed by atoms with Crippen molar-refractivity contribution in [2.75, 3.05) is 12.9 Å². The van der Waals surface area contributed by atoms with E-state index in [1.807, 2.05) is 24.3 Å². The van der Waals surface area contributed by atoms with Gasteiger partial charge in [0.2, 0.25) is 5.91 Å². The molecule has 0 aromatic heterocycles. The van der Waals surface area contributed by atoms with E-state index >= 15 is 0 Å². The molecule has 0 saturated carbocycles. The zero-order valence-electron chi connectivity index (χ0n) is 9.03. The fourth-order valence-corrected chi connectivity index (χ4v) is 2.35. The summed E-state index contributed by atoms with van der Waals surface area (Å²) in [5, 5.41) is 0.774. The summed E-state index contributed by atoms with van der Waals surface area (Å²) in [6.07, 6.45) is 0.447. The molecule has 1 aromatic rings. The first-order valence-corrected chi connectivity index (χ1v) is 6.40. The molecule has 1 amide bonds. The first-order chi connectivity index (χ1) is 7.74. The van der Waals surface area contributed by atoms with Crippen LogP contribution in [0.3, 0.4) is 0 Å². The summed E-state index contributed by atoms with van der Waals surface area (Å²) in [5.74, 6) is 1.47. The molecule has 88 valence electrons. The van der Waals surface area contributed by atoms with Gasteiger partial charge >= 0.3 is 0 Å². The van der Waals surface area contributed by atoms with Crippen molar-refractivity contribution in [3.8, 4) is 0 Å². The van der Waals surface area contributed by atoms with Crippen LogP contribution in [-0.2, 0) is 15.4 Å². The molecule has 0 fully saturated rings. The molecule has 0 unspecified atom stereocenters. The van der Waals surface area contributed by atoms with Crippen molar-refractivity contribution in [3.63, 3.8) is 0 Å². The van der Waals surface area contributed by atoms with Crippen LogP contribution in [0.25, 0.3) is 0 Å². The molecule has 1 N–H and O–H groups in total. The van der Waals surface area contributed by atoms with Crippen LogP contribution >= 0.6 is 23.4 Å². The van der Waals surface area contributed by atoms with E-state index in [2.05, 4.69) is 10.3 Å². The number of benzene rings is 1. The lowest BCUT2D eigenvalue weighted by atomic mass is 10.2. The number of hydrogen-bond donors (Lipinski definition) is 1.